The highest BCUT2D eigenvalue weighted by Crippen LogP contribution is 2.60. The molecule has 0 unspecified atom stereocenters. The number of fused-ring (bicyclic) bond motifs is 1. The van der Waals surface area contributed by atoms with Crippen LogP contribution in [0.1, 0.15) is 53.9 Å². The molecule has 1 nitrogen and oxygen atoms in total. The van der Waals surface area contributed by atoms with Crippen LogP contribution >= 0.6 is 0 Å². The molecule has 3 aliphatic carbocycles. The third kappa shape index (κ3) is 1.73. The van der Waals surface area contributed by atoms with Crippen molar-refractivity contribution in [2.24, 2.45) is 22.7 Å². The Hall–Kier alpha value is -0.300. The summed E-state index contributed by atoms with van der Waals surface area (Å²) < 4.78 is 0. The monoisotopic (exact) mass is 222 g/mol. The molecule has 16 heavy (non-hydrogen) atoms. The molecule has 3 rings (SSSR count). The molecule has 1 N–H and O–H groups in total. The molecule has 0 aliphatic heterocycles. The minimum Gasteiger partial charge on any atom is -0.393 e. The zero-order valence-corrected chi connectivity index (χ0v) is 11.4. The van der Waals surface area contributed by atoms with E-state index < -0.39 is 0 Å². The second kappa shape index (κ2) is 3.60. The van der Waals surface area contributed by atoms with Gasteiger partial charge in [-0.25, -0.2) is 0 Å². The molecule has 0 amide bonds. The molecular formula is C15H26O. The van der Waals surface area contributed by atoms with Crippen LogP contribution < -0.4 is 0 Å². The molecule has 2 bridgehead atoms. The van der Waals surface area contributed by atoms with E-state index in [0.717, 1.165) is 18.3 Å². The molecular weight excluding hydrogens is 196 g/mol. The van der Waals surface area contributed by atoms with E-state index in [-0.39, 0.29) is 11.5 Å². The summed E-state index contributed by atoms with van der Waals surface area (Å²) in [5.74, 6) is 1.69. The Morgan fingerprint density at radius 1 is 1.50 bits per heavy atom. The molecule has 1 saturated carbocycles. The number of hydrogen-bond acceptors (Lipinski definition) is 1. The Labute approximate surface area is 99.9 Å². The van der Waals surface area contributed by atoms with Gasteiger partial charge < -0.3 is 5.11 Å². The van der Waals surface area contributed by atoms with E-state index in [2.05, 4.69) is 33.8 Å². The lowest BCUT2D eigenvalue weighted by Crippen LogP contribution is -2.48. The van der Waals surface area contributed by atoms with Crippen molar-refractivity contribution in [3.05, 3.63) is 11.6 Å². The van der Waals surface area contributed by atoms with Gasteiger partial charge in [-0.2, -0.15) is 0 Å². The van der Waals surface area contributed by atoms with Gasteiger partial charge in [0.05, 0.1) is 6.10 Å². The number of aliphatic hydroxyl groups excluding tert-OH is 1. The van der Waals surface area contributed by atoms with Crippen LogP contribution in [0.4, 0.5) is 0 Å². The van der Waals surface area contributed by atoms with Gasteiger partial charge in [0.2, 0.25) is 0 Å². The molecule has 0 radical (unpaired) electrons. The Morgan fingerprint density at radius 2 is 2.12 bits per heavy atom. The first-order chi connectivity index (χ1) is 7.25. The van der Waals surface area contributed by atoms with Crippen LogP contribution in [0.25, 0.3) is 0 Å². The standard InChI is InChI=1S/C15H26O/c1-10(16)14(2,3)9-11-6-7-12-8-13(11)15(12,4)5/h6,10,12-13,16H,7-9H2,1-5H3/t10-,12+,13+/m1/s1. The summed E-state index contributed by atoms with van der Waals surface area (Å²) in [6, 6.07) is 0. The molecule has 0 aromatic carbocycles. The summed E-state index contributed by atoms with van der Waals surface area (Å²) in [6.07, 6.45) is 5.93. The average Bonchev–Trinajstić information content (AvgIpc) is 2.16. The smallest absolute Gasteiger partial charge is 0.0566 e. The van der Waals surface area contributed by atoms with Crippen molar-refractivity contribution < 1.29 is 5.11 Å². The van der Waals surface area contributed by atoms with E-state index >= 15 is 0 Å². The van der Waals surface area contributed by atoms with Crippen molar-refractivity contribution in [1.29, 1.82) is 0 Å². The van der Waals surface area contributed by atoms with Gasteiger partial charge in [-0.1, -0.05) is 39.3 Å². The molecule has 3 aliphatic rings. The van der Waals surface area contributed by atoms with E-state index in [0.29, 0.717) is 5.41 Å². The van der Waals surface area contributed by atoms with Gasteiger partial charge in [-0.15, -0.1) is 0 Å². The Kier molecular flexibility index (Phi) is 2.73. The van der Waals surface area contributed by atoms with Gasteiger partial charge in [0, 0.05) is 0 Å². The molecule has 0 heterocycles. The van der Waals surface area contributed by atoms with E-state index in [9.17, 15) is 5.11 Å². The predicted molar refractivity (Wildman–Crippen MR) is 68.2 cm³/mol. The first-order valence-electron chi connectivity index (χ1n) is 6.62. The minimum atomic E-state index is -0.227. The summed E-state index contributed by atoms with van der Waals surface area (Å²) in [4.78, 5) is 0. The Balaban J connectivity index is 2.10. The third-order valence-electron chi connectivity index (χ3n) is 5.37. The maximum Gasteiger partial charge on any atom is 0.0566 e. The fraction of sp³-hybridized carbons (Fsp3) is 0.867. The van der Waals surface area contributed by atoms with Crippen molar-refractivity contribution in [2.45, 2.75) is 60.0 Å². The quantitative estimate of drug-likeness (QED) is 0.721. The molecule has 1 fully saturated rings. The van der Waals surface area contributed by atoms with Crippen LogP contribution in [0.15, 0.2) is 11.6 Å². The molecule has 0 aromatic heterocycles. The molecule has 0 aromatic rings. The normalized spacial score (nSPS) is 34.0. The number of rotatable bonds is 3. The van der Waals surface area contributed by atoms with Crippen molar-refractivity contribution >= 4 is 0 Å². The lowest BCUT2D eigenvalue weighted by Gasteiger charge is -2.57. The topological polar surface area (TPSA) is 20.2 Å². The Morgan fingerprint density at radius 3 is 2.56 bits per heavy atom. The molecule has 0 spiro atoms. The first kappa shape index (κ1) is 12.2. The average molecular weight is 222 g/mol. The van der Waals surface area contributed by atoms with Gasteiger partial charge in [-0.3, -0.25) is 0 Å². The zero-order valence-electron chi connectivity index (χ0n) is 11.4. The summed E-state index contributed by atoms with van der Waals surface area (Å²) in [7, 11) is 0. The second-order valence-corrected chi connectivity index (χ2v) is 7.16. The minimum absolute atomic E-state index is 0.0182. The first-order valence-corrected chi connectivity index (χ1v) is 6.62. The van der Waals surface area contributed by atoms with E-state index in [4.69, 9.17) is 0 Å². The highest BCUT2D eigenvalue weighted by atomic mass is 16.3. The van der Waals surface area contributed by atoms with Crippen LogP contribution in [-0.2, 0) is 0 Å². The van der Waals surface area contributed by atoms with Gasteiger partial charge in [-0.05, 0) is 48.9 Å². The van der Waals surface area contributed by atoms with Crippen molar-refractivity contribution in [2.75, 3.05) is 0 Å². The zero-order chi connectivity index (χ0) is 12.1. The highest BCUT2D eigenvalue weighted by Gasteiger charge is 2.51. The number of aliphatic hydroxyl groups is 1. The largest absolute Gasteiger partial charge is 0.393 e. The summed E-state index contributed by atoms with van der Waals surface area (Å²) in [5.41, 5.74) is 2.14. The van der Waals surface area contributed by atoms with Gasteiger partial charge >= 0.3 is 0 Å². The summed E-state index contributed by atoms with van der Waals surface area (Å²) in [5, 5.41) is 9.81. The molecule has 92 valence electrons. The lowest BCUT2D eigenvalue weighted by atomic mass is 9.48. The van der Waals surface area contributed by atoms with Crippen LogP contribution in [0.5, 0.6) is 0 Å². The maximum atomic E-state index is 9.81. The highest BCUT2D eigenvalue weighted by molar-refractivity contribution is 5.24. The predicted octanol–water partition coefficient (Wildman–Crippen LogP) is 3.78. The molecule has 0 saturated heterocycles. The SMILES string of the molecule is C[C@@H](O)C(C)(C)CC1=CC[C@H]2C[C@@H]1C2(C)C. The van der Waals surface area contributed by atoms with Crippen molar-refractivity contribution in [3.63, 3.8) is 0 Å². The fourth-order valence-corrected chi connectivity index (χ4v) is 3.35. The van der Waals surface area contributed by atoms with Gasteiger partial charge in [0.1, 0.15) is 0 Å². The van der Waals surface area contributed by atoms with Crippen molar-refractivity contribution in [1.82, 2.24) is 0 Å². The van der Waals surface area contributed by atoms with E-state index in [1.165, 1.54) is 12.8 Å². The molecule has 3 atom stereocenters. The summed E-state index contributed by atoms with van der Waals surface area (Å²) >= 11 is 0. The Bertz CT molecular complexity index is 309. The van der Waals surface area contributed by atoms with Crippen LogP contribution in [-0.4, -0.2) is 11.2 Å². The van der Waals surface area contributed by atoms with Crippen LogP contribution in [0, 0.1) is 22.7 Å². The van der Waals surface area contributed by atoms with E-state index in [1.54, 1.807) is 5.57 Å². The fourth-order valence-electron chi connectivity index (χ4n) is 3.35. The number of allylic oxidation sites excluding steroid dienone is 2. The van der Waals surface area contributed by atoms with Crippen molar-refractivity contribution in [3.8, 4) is 0 Å². The molecule has 1 heteroatoms. The third-order valence-corrected chi connectivity index (χ3v) is 5.37. The maximum absolute atomic E-state index is 9.81. The number of hydrogen-bond donors (Lipinski definition) is 1. The second-order valence-electron chi connectivity index (χ2n) is 7.16. The van der Waals surface area contributed by atoms with E-state index in [1.807, 2.05) is 6.92 Å². The van der Waals surface area contributed by atoms with Gasteiger partial charge in [0.15, 0.2) is 0 Å². The van der Waals surface area contributed by atoms with Crippen LogP contribution in [0.3, 0.4) is 0 Å². The lowest BCUT2D eigenvalue weighted by molar-refractivity contribution is -0.0174. The van der Waals surface area contributed by atoms with Crippen LogP contribution in [0.2, 0.25) is 0 Å². The van der Waals surface area contributed by atoms with Gasteiger partial charge in [0.25, 0.3) is 0 Å². The summed E-state index contributed by atoms with van der Waals surface area (Å²) in [6.45, 7) is 11.1.